The summed E-state index contributed by atoms with van der Waals surface area (Å²) >= 11 is 0. The van der Waals surface area contributed by atoms with Gasteiger partial charge in [-0.15, -0.1) is 0 Å². The third kappa shape index (κ3) is 64.8. The minimum absolute atomic E-state index is 0.0901. The van der Waals surface area contributed by atoms with E-state index in [-0.39, 0.29) is 31.1 Å². The van der Waals surface area contributed by atoms with Gasteiger partial charge in [0.25, 0.3) is 0 Å². The van der Waals surface area contributed by atoms with Crippen molar-refractivity contribution in [3.63, 3.8) is 0 Å². The third-order valence-corrected chi connectivity index (χ3v) is 14.2. The van der Waals surface area contributed by atoms with Gasteiger partial charge in [0.2, 0.25) is 0 Å². The van der Waals surface area contributed by atoms with Crippen molar-refractivity contribution in [2.75, 3.05) is 13.2 Å². The highest BCUT2D eigenvalue weighted by atomic mass is 16.6. The van der Waals surface area contributed by atoms with Crippen molar-refractivity contribution < 1.29 is 28.6 Å². The summed E-state index contributed by atoms with van der Waals surface area (Å²) in [4.78, 5) is 38.4. The Morgan fingerprint density at radius 3 is 0.785 bits per heavy atom. The highest BCUT2D eigenvalue weighted by Crippen LogP contribution is 2.15. The Morgan fingerprint density at radius 2 is 0.494 bits per heavy atom. The van der Waals surface area contributed by atoms with Crippen molar-refractivity contribution in [3.05, 3.63) is 109 Å². The van der Waals surface area contributed by atoms with Gasteiger partial charge in [-0.05, 0) is 128 Å². The average Bonchev–Trinajstić information content (AvgIpc) is 3.45. The van der Waals surface area contributed by atoms with Crippen LogP contribution in [0.4, 0.5) is 0 Å². The molecule has 0 aromatic heterocycles. The lowest BCUT2D eigenvalue weighted by Gasteiger charge is -2.18. The van der Waals surface area contributed by atoms with Crippen molar-refractivity contribution in [1.82, 2.24) is 0 Å². The van der Waals surface area contributed by atoms with E-state index in [2.05, 4.69) is 130 Å². The Hall–Kier alpha value is -3.93. The minimum atomic E-state index is -0.795. The minimum Gasteiger partial charge on any atom is -0.462 e. The number of hydrogen-bond acceptors (Lipinski definition) is 6. The van der Waals surface area contributed by atoms with Crippen LogP contribution in [-0.4, -0.2) is 37.2 Å². The van der Waals surface area contributed by atoms with Gasteiger partial charge in [-0.25, -0.2) is 0 Å². The average molecular weight is 1100 g/mol. The lowest BCUT2D eigenvalue weighted by Crippen LogP contribution is -2.30. The summed E-state index contributed by atoms with van der Waals surface area (Å²) in [5.41, 5.74) is 0. The maximum absolute atomic E-state index is 12.9. The summed E-state index contributed by atoms with van der Waals surface area (Å²) in [7, 11) is 0. The predicted molar refractivity (Wildman–Crippen MR) is 343 cm³/mol. The van der Waals surface area contributed by atoms with Crippen LogP contribution in [0.2, 0.25) is 0 Å². The summed E-state index contributed by atoms with van der Waals surface area (Å²) in [6.07, 6.45) is 90.9. The Morgan fingerprint density at radius 1 is 0.266 bits per heavy atom. The molecule has 452 valence electrons. The van der Waals surface area contributed by atoms with E-state index in [1.165, 1.54) is 148 Å². The normalized spacial score (nSPS) is 12.8. The van der Waals surface area contributed by atoms with Crippen LogP contribution < -0.4 is 0 Å². The largest absolute Gasteiger partial charge is 0.462 e. The van der Waals surface area contributed by atoms with Crippen LogP contribution in [-0.2, 0) is 28.6 Å². The van der Waals surface area contributed by atoms with Crippen molar-refractivity contribution in [2.45, 2.75) is 322 Å². The van der Waals surface area contributed by atoms with Crippen LogP contribution in [0.25, 0.3) is 0 Å². The van der Waals surface area contributed by atoms with E-state index >= 15 is 0 Å². The quantitative estimate of drug-likeness (QED) is 0.0261. The van der Waals surface area contributed by atoms with Gasteiger partial charge >= 0.3 is 17.9 Å². The van der Waals surface area contributed by atoms with Crippen molar-refractivity contribution in [3.8, 4) is 0 Å². The Kier molecular flexibility index (Phi) is 63.3. The first-order valence-electron chi connectivity index (χ1n) is 33.4. The van der Waals surface area contributed by atoms with E-state index in [0.717, 1.165) is 128 Å². The number of ether oxygens (including phenoxy) is 3. The van der Waals surface area contributed by atoms with Gasteiger partial charge in [0.15, 0.2) is 6.10 Å². The molecule has 0 aliphatic rings. The lowest BCUT2D eigenvalue weighted by molar-refractivity contribution is -0.167. The number of allylic oxidation sites excluding steroid dienone is 18. The highest BCUT2D eigenvalue weighted by molar-refractivity contribution is 5.71. The number of hydrogen-bond donors (Lipinski definition) is 0. The van der Waals surface area contributed by atoms with Gasteiger partial charge in [0.05, 0.1) is 0 Å². The zero-order valence-electron chi connectivity index (χ0n) is 51.9. The van der Waals surface area contributed by atoms with E-state index in [1.807, 2.05) is 0 Å². The molecule has 0 radical (unpaired) electrons. The van der Waals surface area contributed by atoms with E-state index in [0.29, 0.717) is 19.3 Å². The van der Waals surface area contributed by atoms with Crippen molar-refractivity contribution >= 4 is 17.9 Å². The molecule has 0 aromatic rings. The van der Waals surface area contributed by atoms with Crippen LogP contribution in [0.15, 0.2) is 109 Å². The van der Waals surface area contributed by atoms with Crippen LogP contribution in [0.1, 0.15) is 316 Å². The Bertz CT molecular complexity index is 1590. The Labute approximate surface area is 489 Å². The zero-order valence-corrected chi connectivity index (χ0v) is 51.9. The van der Waals surface area contributed by atoms with Gasteiger partial charge in [0, 0.05) is 19.3 Å². The molecule has 0 saturated carbocycles. The molecule has 0 amide bonds. The molecular formula is C73H124O6. The fourth-order valence-electron chi connectivity index (χ4n) is 9.24. The number of esters is 3. The first kappa shape index (κ1) is 75.1. The molecular weight excluding hydrogens is 973 g/mol. The summed E-state index contributed by atoms with van der Waals surface area (Å²) < 4.78 is 16.9. The van der Waals surface area contributed by atoms with E-state index in [4.69, 9.17) is 14.2 Å². The van der Waals surface area contributed by atoms with Gasteiger partial charge in [-0.2, -0.15) is 0 Å². The predicted octanol–water partition coefficient (Wildman–Crippen LogP) is 23.0. The molecule has 1 unspecified atom stereocenters. The SMILES string of the molecule is CC/C=C\C/C=C\C/C=C\C/C=C\C/C=C\C/C=C\C/C=C\CCCCCCCC(=O)OCC(COC(=O)CCCCCCC/C=C\CCCCCCCCC)OC(=O)CCCCCCCCC/C=C\CCCCCCCCC. The highest BCUT2D eigenvalue weighted by Gasteiger charge is 2.19. The van der Waals surface area contributed by atoms with Gasteiger partial charge in [-0.1, -0.05) is 278 Å². The molecule has 79 heavy (non-hydrogen) atoms. The standard InChI is InChI=1S/C73H124O6/c1-4-7-10-13-16-19-22-25-28-31-33-34-35-36-37-38-39-40-41-43-45-48-51-54-57-60-63-66-72(75)78-69-70(68-77-71(74)65-62-59-56-53-50-47-44-30-27-24-21-18-15-12-9-6-3)79-73(76)67-64-61-58-55-52-49-46-42-32-29-26-23-20-17-14-11-8-5-2/h7,10,16,19,25,28-30,32-34,36-37,39-40,43-45,70H,4-6,8-9,11-15,17-18,20-24,26-27,31,35,38,41-42,46-69H2,1-3H3/b10-7-,19-16-,28-25-,32-29-,34-33-,37-36-,40-39-,44-30-,45-43-. The second kappa shape index (κ2) is 66.6. The molecule has 0 fully saturated rings. The Balaban J connectivity index is 4.41. The van der Waals surface area contributed by atoms with Crippen molar-refractivity contribution in [1.29, 1.82) is 0 Å². The fourth-order valence-corrected chi connectivity index (χ4v) is 9.24. The van der Waals surface area contributed by atoms with Gasteiger partial charge in [-0.3, -0.25) is 14.4 Å². The second-order valence-corrected chi connectivity index (χ2v) is 22.0. The summed E-state index contributed by atoms with van der Waals surface area (Å²) in [6.45, 7) is 6.52. The monoisotopic (exact) mass is 1100 g/mol. The van der Waals surface area contributed by atoms with Crippen LogP contribution in [0, 0.1) is 0 Å². The maximum Gasteiger partial charge on any atom is 0.306 e. The molecule has 1 atom stereocenters. The van der Waals surface area contributed by atoms with Crippen LogP contribution in [0.3, 0.4) is 0 Å². The lowest BCUT2D eigenvalue weighted by atomic mass is 10.1. The zero-order chi connectivity index (χ0) is 57.1. The number of rotatable bonds is 60. The van der Waals surface area contributed by atoms with E-state index in [1.54, 1.807) is 0 Å². The molecule has 0 rings (SSSR count). The first-order valence-corrected chi connectivity index (χ1v) is 33.4. The number of carbonyl (C=O) groups is 3. The van der Waals surface area contributed by atoms with Gasteiger partial charge < -0.3 is 14.2 Å². The molecule has 0 aliphatic carbocycles. The number of unbranched alkanes of at least 4 members (excludes halogenated alkanes) is 31. The molecule has 0 heterocycles. The molecule has 0 N–H and O–H groups in total. The summed E-state index contributed by atoms with van der Waals surface area (Å²) in [6, 6.07) is 0. The molecule has 0 bridgehead atoms. The molecule has 0 saturated heterocycles. The van der Waals surface area contributed by atoms with E-state index in [9.17, 15) is 14.4 Å². The molecule has 0 aromatic carbocycles. The maximum atomic E-state index is 12.9. The van der Waals surface area contributed by atoms with Crippen LogP contribution >= 0.6 is 0 Å². The summed E-state index contributed by atoms with van der Waals surface area (Å²) in [5, 5.41) is 0. The third-order valence-electron chi connectivity index (χ3n) is 14.2. The number of carbonyl (C=O) groups excluding carboxylic acids is 3. The van der Waals surface area contributed by atoms with Crippen molar-refractivity contribution in [2.24, 2.45) is 0 Å². The first-order chi connectivity index (χ1) is 39.0. The smallest absolute Gasteiger partial charge is 0.306 e. The molecule has 6 heteroatoms. The summed E-state index contributed by atoms with van der Waals surface area (Å²) in [5.74, 6) is -0.912. The van der Waals surface area contributed by atoms with Crippen LogP contribution in [0.5, 0.6) is 0 Å². The molecule has 0 spiro atoms. The second-order valence-electron chi connectivity index (χ2n) is 22.0. The molecule has 6 nitrogen and oxygen atoms in total. The fraction of sp³-hybridized carbons (Fsp3) is 0.712. The van der Waals surface area contributed by atoms with E-state index < -0.39 is 6.10 Å². The topological polar surface area (TPSA) is 78.9 Å². The van der Waals surface area contributed by atoms with Gasteiger partial charge in [0.1, 0.15) is 13.2 Å². The molecule has 0 aliphatic heterocycles.